The number of nitrogens with one attached hydrogen (secondary N) is 1. The Kier molecular flexibility index (Phi) is 3.56. The number of alkyl halides is 1. The minimum Gasteiger partial charge on any atom is -0.327 e. The molecule has 1 aliphatic rings. The fourth-order valence-corrected chi connectivity index (χ4v) is 2.42. The predicted molar refractivity (Wildman–Crippen MR) is 63.9 cm³/mol. The molecule has 3 heteroatoms. The SMILES string of the molecule is NCC(F)(c1ccccc1)C1CCCCN1. The summed E-state index contributed by atoms with van der Waals surface area (Å²) in [6, 6.07) is 9.12. The maximum atomic E-state index is 15.0. The van der Waals surface area contributed by atoms with Crippen molar-refractivity contribution in [2.45, 2.75) is 31.0 Å². The van der Waals surface area contributed by atoms with Crippen LogP contribution in [-0.4, -0.2) is 19.1 Å². The van der Waals surface area contributed by atoms with E-state index in [1.807, 2.05) is 30.3 Å². The van der Waals surface area contributed by atoms with Crippen molar-refractivity contribution in [2.24, 2.45) is 5.73 Å². The Morgan fingerprint density at radius 3 is 2.62 bits per heavy atom. The van der Waals surface area contributed by atoms with E-state index in [4.69, 9.17) is 5.73 Å². The van der Waals surface area contributed by atoms with Gasteiger partial charge in [-0.1, -0.05) is 36.8 Å². The molecule has 0 bridgehead atoms. The van der Waals surface area contributed by atoms with Crippen molar-refractivity contribution in [1.29, 1.82) is 0 Å². The van der Waals surface area contributed by atoms with Gasteiger partial charge in [-0.2, -0.15) is 0 Å². The normalized spacial score (nSPS) is 25.0. The molecule has 0 aromatic heterocycles. The molecule has 2 unspecified atom stereocenters. The van der Waals surface area contributed by atoms with E-state index in [1.54, 1.807) is 0 Å². The van der Waals surface area contributed by atoms with Crippen molar-refractivity contribution in [2.75, 3.05) is 13.1 Å². The Morgan fingerprint density at radius 2 is 2.06 bits per heavy atom. The van der Waals surface area contributed by atoms with Gasteiger partial charge in [0, 0.05) is 12.6 Å². The van der Waals surface area contributed by atoms with Crippen molar-refractivity contribution in [3.8, 4) is 0 Å². The standard InChI is InChI=1S/C13H19FN2/c14-13(10-15,11-6-2-1-3-7-11)12-8-4-5-9-16-12/h1-3,6-7,12,16H,4-5,8-10,15H2. The number of hydrogen-bond acceptors (Lipinski definition) is 2. The first kappa shape index (κ1) is 11.6. The lowest BCUT2D eigenvalue weighted by molar-refractivity contribution is 0.0955. The van der Waals surface area contributed by atoms with Gasteiger partial charge < -0.3 is 11.1 Å². The monoisotopic (exact) mass is 222 g/mol. The minimum absolute atomic E-state index is 0.0364. The number of piperidine rings is 1. The first-order chi connectivity index (χ1) is 7.77. The Bertz CT molecular complexity index is 322. The molecule has 0 spiro atoms. The number of benzene rings is 1. The molecule has 3 N–H and O–H groups in total. The second-order valence-corrected chi connectivity index (χ2v) is 4.44. The van der Waals surface area contributed by atoms with Crippen LogP contribution in [0.5, 0.6) is 0 Å². The fraction of sp³-hybridized carbons (Fsp3) is 0.538. The van der Waals surface area contributed by atoms with E-state index in [9.17, 15) is 4.39 Å². The van der Waals surface area contributed by atoms with Crippen molar-refractivity contribution in [1.82, 2.24) is 5.32 Å². The quantitative estimate of drug-likeness (QED) is 0.820. The zero-order valence-corrected chi connectivity index (χ0v) is 9.45. The number of rotatable bonds is 3. The van der Waals surface area contributed by atoms with Gasteiger partial charge in [-0.25, -0.2) is 4.39 Å². The van der Waals surface area contributed by atoms with Gasteiger partial charge in [0.2, 0.25) is 0 Å². The third-order valence-corrected chi connectivity index (χ3v) is 3.41. The average molecular weight is 222 g/mol. The van der Waals surface area contributed by atoms with Gasteiger partial charge in [0.25, 0.3) is 0 Å². The highest BCUT2D eigenvalue weighted by Gasteiger charge is 2.39. The summed E-state index contributed by atoms with van der Waals surface area (Å²) >= 11 is 0. The highest BCUT2D eigenvalue weighted by atomic mass is 19.1. The van der Waals surface area contributed by atoms with Gasteiger partial charge in [-0.05, 0) is 24.9 Å². The molecule has 1 aromatic rings. The second kappa shape index (κ2) is 4.93. The van der Waals surface area contributed by atoms with Gasteiger partial charge in [-0.15, -0.1) is 0 Å². The average Bonchev–Trinajstić information content (AvgIpc) is 2.40. The molecule has 0 aliphatic carbocycles. The highest BCUT2D eigenvalue weighted by molar-refractivity contribution is 5.25. The number of halogens is 1. The number of hydrogen-bond donors (Lipinski definition) is 2. The largest absolute Gasteiger partial charge is 0.327 e. The zero-order valence-electron chi connectivity index (χ0n) is 9.45. The topological polar surface area (TPSA) is 38.0 Å². The molecule has 2 rings (SSSR count). The molecular weight excluding hydrogens is 203 g/mol. The van der Waals surface area contributed by atoms with Crippen LogP contribution in [0.25, 0.3) is 0 Å². The van der Waals surface area contributed by atoms with Gasteiger partial charge >= 0.3 is 0 Å². The van der Waals surface area contributed by atoms with Gasteiger partial charge in [0.15, 0.2) is 5.67 Å². The van der Waals surface area contributed by atoms with E-state index in [-0.39, 0.29) is 12.6 Å². The van der Waals surface area contributed by atoms with E-state index < -0.39 is 5.67 Å². The number of nitrogens with two attached hydrogens (primary N) is 1. The van der Waals surface area contributed by atoms with E-state index in [1.165, 1.54) is 0 Å². The van der Waals surface area contributed by atoms with Crippen LogP contribution in [0, 0.1) is 0 Å². The molecule has 1 saturated heterocycles. The Morgan fingerprint density at radius 1 is 1.31 bits per heavy atom. The van der Waals surface area contributed by atoms with Gasteiger partial charge in [-0.3, -0.25) is 0 Å². The summed E-state index contributed by atoms with van der Waals surface area (Å²) < 4.78 is 15.0. The molecule has 16 heavy (non-hydrogen) atoms. The van der Waals surface area contributed by atoms with E-state index in [2.05, 4.69) is 5.32 Å². The maximum absolute atomic E-state index is 15.0. The molecule has 0 amide bonds. The molecule has 1 aromatic carbocycles. The van der Waals surface area contributed by atoms with E-state index in [0.29, 0.717) is 5.56 Å². The van der Waals surface area contributed by atoms with Crippen LogP contribution in [0.15, 0.2) is 30.3 Å². The van der Waals surface area contributed by atoms with Crippen molar-refractivity contribution < 1.29 is 4.39 Å². The van der Waals surface area contributed by atoms with Crippen LogP contribution in [0.4, 0.5) is 4.39 Å². The van der Waals surface area contributed by atoms with Crippen molar-refractivity contribution in [3.05, 3.63) is 35.9 Å². The van der Waals surface area contributed by atoms with Crippen LogP contribution < -0.4 is 11.1 Å². The Hall–Kier alpha value is -0.930. The van der Waals surface area contributed by atoms with Crippen molar-refractivity contribution >= 4 is 0 Å². The lowest BCUT2D eigenvalue weighted by Crippen LogP contribution is -2.52. The summed E-state index contributed by atoms with van der Waals surface area (Å²) in [7, 11) is 0. The second-order valence-electron chi connectivity index (χ2n) is 4.44. The molecule has 2 atom stereocenters. The van der Waals surface area contributed by atoms with Gasteiger partial charge in [0.1, 0.15) is 0 Å². The van der Waals surface area contributed by atoms with E-state index in [0.717, 1.165) is 25.8 Å². The van der Waals surface area contributed by atoms with E-state index >= 15 is 0 Å². The molecule has 88 valence electrons. The molecule has 0 radical (unpaired) electrons. The van der Waals surface area contributed by atoms with Crippen LogP contribution >= 0.6 is 0 Å². The summed E-state index contributed by atoms with van der Waals surface area (Å²) in [5.41, 5.74) is 4.92. The lowest BCUT2D eigenvalue weighted by Gasteiger charge is -2.36. The van der Waals surface area contributed by atoms with Gasteiger partial charge in [0.05, 0.1) is 0 Å². The molecule has 0 saturated carbocycles. The fourth-order valence-electron chi connectivity index (χ4n) is 2.42. The van der Waals surface area contributed by atoms with Crippen LogP contribution in [-0.2, 0) is 5.67 Å². The zero-order chi connectivity index (χ0) is 11.4. The Labute approximate surface area is 96.0 Å². The molecule has 1 aliphatic heterocycles. The first-order valence-corrected chi connectivity index (χ1v) is 5.95. The summed E-state index contributed by atoms with van der Waals surface area (Å²) in [4.78, 5) is 0. The third-order valence-electron chi connectivity index (χ3n) is 3.41. The summed E-state index contributed by atoms with van der Waals surface area (Å²) in [5.74, 6) is 0. The summed E-state index contributed by atoms with van der Waals surface area (Å²) in [5, 5.41) is 3.25. The molecule has 2 nitrogen and oxygen atoms in total. The molecule has 1 heterocycles. The summed E-state index contributed by atoms with van der Waals surface area (Å²) in [6.07, 6.45) is 3.07. The maximum Gasteiger partial charge on any atom is 0.163 e. The summed E-state index contributed by atoms with van der Waals surface area (Å²) in [6.45, 7) is 0.928. The smallest absolute Gasteiger partial charge is 0.163 e. The highest BCUT2D eigenvalue weighted by Crippen LogP contribution is 2.32. The first-order valence-electron chi connectivity index (χ1n) is 5.95. The van der Waals surface area contributed by atoms with Crippen molar-refractivity contribution in [3.63, 3.8) is 0 Å². The Balaban J connectivity index is 2.24. The molecule has 1 fully saturated rings. The third kappa shape index (κ3) is 2.11. The van der Waals surface area contributed by atoms with Crippen LogP contribution in [0.1, 0.15) is 24.8 Å². The predicted octanol–water partition coefficient (Wildman–Crippen LogP) is 1.95. The molecular formula is C13H19FN2. The lowest BCUT2D eigenvalue weighted by atomic mass is 9.84. The van der Waals surface area contributed by atoms with Crippen LogP contribution in [0.3, 0.4) is 0 Å². The van der Waals surface area contributed by atoms with Crippen LogP contribution in [0.2, 0.25) is 0 Å². The minimum atomic E-state index is -1.43.